The van der Waals surface area contributed by atoms with Crippen LogP contribution in [0.3, 0.4) is 0 Å². The summed E-state index contributed by atoms with van der Waals surface area (Å²) in [5, 5.41) is 2.59. The number of nitrogens with one attached hydrogen (secondary N) is 1. The van der Waals surface area contributed by atoms with Crippen molar-refractivity contribution >= 4 is 17.6 Å². The Bertz CT molecular complexity index is 738. The van der Waals surface area contributed by atoms with E-state index < -0.39 is 11.8 Å². The van der Waals surface area contributed by atoms with Crippen molar-refractivity contribution in [1.82, 2.24) is 9.88 Å². The highest BCUT2D eigenvalue weighted by Crippen LogP contribution is 2.21. The van der Waals surface area contributed by atoms with E-state index in [0.717, 1.165) is 25.0 Å². The molecule has 2 heterocycles. The molecule has 0 saturated carbocycles. The number of carbonyl (C=O) groups excluding carboxylic acids is 2. The van der Waals surface area contributed by atoms with Crippen LogP contribution in [0.25, 0.3) is 0 Å². The van der Waals surface area contributed by atoms with Crippen molar-refractivity contribution in [3.8, 4) is 0 Å². The SMILES string of the molecule is Cc1cccc(NC(=O)C(=O)N2CCC(Cc3ccccc3)CC2)n1. The van der Waals surface area contributed by atoms with E-state index in [9.17, 15) is 9.59 Å². The van der Waals surface area contributed by atoms with Gasteiger partial charge in [-0.2, -0.15) is 0 Å². The van der Waals surface area contributed by atoms with Gasteiger partial charge in [0.25, 0.3) is 0 Å². The standard InChI is InChI=1S/C20H23N3O2/c1-15-6-5-9-18(21-15)22-19(24)20(25)23-12-10-17(11-13-23)14-16-7-3-2-4-8-16/h2-9,17H,10-14H2,1H3,(H,21,22,24). The smallest absolute Gasteiger partial charge is 0.315 e. The molecule has 0 unspecified atom stereocenters. The maximum Gasteiger partial charge on any atom is 0.315 e. The summed E-state index contributed by atoms with van der Waals surface area (Å²) in [6.07, 6.45) is 2.88. The van der Waals surface area contributed by atoms with Gasteiger partial charge in [0.05, 0.1) is 0 Å². The number of nitrogens with zero attached hydrogens (tertiary/aromatic N) is 2. The normalized spacial score (nSPS) is 15.0. The van der Waals surface area contributed by atoms with Gasteiger partial charge in [-0.15, -0.1) is 0 Å². The summed E-state index contributed by atoms with van der Waals surface area (Å²) in [5.41, 5.74) is 2.13. The molecule has 25 heavy (non-hydrogen) atoms. The number of likely N-dealkylation sites (tertiary alicyclic amines) is 1. The largest absolute Gasteiger partial charge is 0.334 e. The van der Waals surface area contributed by atoms with Crippen LogP contribution < -0.4 is 5.32 Å². The van der Waals surface area contributed by atoms with Gasteiger partial charge < -0.3 is 10.2 Å². The van der Waals surface area contributed by atoms with Crippen LogP contribution >= 0.6 is 0 Å². The molecular weight excluding hydrogens is 314 g/mol. The fourth-order valence-electron chi connectivity index (χ4n) is 3.21. The number of benzene rings is 1. The van der Waals surface area contributed by atoms with Crippen LogP contribution in [0, 0.1) is 12.8 Å². The molecular formula is C20H23N3O2. The predicted molar refractivity (Wildman–Crippen MR) is 97.1 cm³/mol. The summed E-state index contributed by atoms with van der Waals surface area (Å²) in [4.78, 5) is 30.3. The van der Waals surface area contributed by atoms with Crippen LogP contribution in [0.1, 0.15) is 24.1 Å². The molecule has 1 N–H and O–H groups in total. The van der Waals surface area contributed by atoms with Crippen molar-refractivity contribution in [2.75, 3.05) is 18.4 Å². The first-order valence-corrected chi connectivity index (χ1v) is 8.69. The molecule has 130 valence electrons. The lowest BCUT2D eigenvalue weighted by molar-refractivity contribution is -0.144. The number of amides is 2. The molecule has 2 aromatic rings. The topological polar surface area (TPSA) is 62.3 Å². The quantitative estimate of drug-likeness (QED) is 0.876. The molecule has 0 spiro atoms. The monoisotopic (exact) mass is 337 g/mol. The minimum absolute atomic E-state index is 0.414. The molecule has 1 aromatic carbocycles. The number of carbonyl (C=O) groups is 2. The molecule has 1 aromatic heterocycles. The third-order valence-electron chi connectivity index (χ3n) is 4.59. The van der Waals surface area contributed by atoms with Gasteiger partial charge in [0.1, 0.15) is 5.82 Å². The summed E-state index contributed by atoms with van der Waals surface area (Å²) in [6, 6.07) is 15.7. The Kier molecular flexibility index (Phi) is 5.43. The van der Waals surface area contributed by atoms with Crippen LogP contribution in [0.15, 0.2) is 48.5 Å². The van der Waals surface area contributed by atoms with Crippen LogP contribution in [-0.2, 0) is 16.0 Å². The lowest BCUT2D eigenvalue weighted by Crippen LogP contribution is -2.44. The average Bonchev–Trinajstić information content (AvgIpc) is 2.62. The first-order chi connectivity index (χ1) is 12.1. The summed E-state index contributed by atoms with van der Waals surface area (Å²) in [6.45, 7) is 3.10. The summed E-state index contributed by atoms with van der Waals surface area (Å²) < 4.78 is 0. The summed E-state index contributed by atoms with van der Waals surface area (Å²) in [5.74, 6) is -0.105. The fraction of sp³-hybridized carbons (Fsp3) is 0.350. The highest BCUT2D eigenvalue weighted by atomic mass is 16.2. The van der Waals surface area contributed by atoms with Gasteiger partial charge in [-0.25, -0.2) is 4.98 Å². The van der Waals surface area contributed by atoms with Crippen LogP contribution in [0.4, 0.5) is 5.82 Å². The number of pyridine rings is 1. The number of hydrogen-bond acceptors (Lipinski definition) is 3. The second-order valence-corrected chi connectivity index (χ2v) is 6.54. The Labute approximate surface area is 148 Å². The lowest BCUT2D eigenvalue weighted by Gasteiger charge is -2.31. The van der Waals surface area contributed by atoms with Crippen molar-refractivity contribution < 1.29 is 9.59 Å². The number of aromatic nitrogens is 1. The lowest BCUT2D eigenvalue weighted by atomic mass is 9.90. The summed E-state index contributed by atoms with van der Waals surface area (Å²) >= 11 is 0. The van der Waals surface area contributed by atoms with E-state index in [0.29, 0.717) is 24.8 Å². The van der Waals surface area contributed by atoms with Crippen molar-refractivity contribution in [3.05, 3.63) is 59.8 Å². The minimum atomic E-state index is -0.611. The zero-order valence-electron chi connectivity index (χ0n) is 14.4. The van der Waals surface area contributed by atoms with Crippen molar-refractivity contribution in [3.63, 3.8) is 0 Å². The number of anilines is 1. The molecule has 1 saturated heterocycles. The van der Waals surface area contributed by atoms with Gasteiger partial charge in [-0.05, 0) is 49.8 Å². The number of hydrogen-bond donors (Lipinski definition) is 1. The molecule has 5 heteroatoms. The first kappa shape index (κ1) is 17.1. The van der Waals surface area contributed by atoms with E-state index in [2.05, 4.69) is 34.6 Å². The molecule has 0 atom stereocenters. The van der Waals surface area contributed by atoms with Crippen LogP contribution in [-0.4, -0.2) is 34.8 Å². The molecule has 0 bridgehead atoms. The maximum absolute atomic E-state index is 12.3. The first-order valence-electron chi connectivity index (χ1n) is 8.69. The van der Waals surface area contributed by atoms with E-state index in [1.165, 1.54) is 5.56 Å². The molecule has 0 radical (unpaired) electrons. The Balaban J connectivity index is 1.50. The Morgan fingerprint density at radius 3 is 2.48 bits per heavy atom. The third-order valence-corrected chi connectivity index (χ3v) is 4.59. The van der Waals surface area contributed by atoms with Gasteiger partial charge in [0.2, 0.25) is 0 Å². The molecule has 0 aliphatic carbocycles. The van der Waals surface area contributed by atoms with Gasteiger partial charge in [-0.3, -0.25) is 9.59 Å². The van der Waals surface area contributed by atoms with Crippen molar-refractivity contribution in [2.45, 2.75) is 26.2 Å². The predicted octanol–water partition coefficient (Wildman–Crippen LogP) is 2.81. The Hall–Kier alpha value is -2.69. The number of rotatable bonds is 3. The highest BCUT2D eigenvalue weighted by molar-refractivity contribution is 6.39. The second-order valence-electron chi connectivity index (χ2n) is 6.54. The second kappa shape index (κ2) is 7.92. The maximum atomic E-state index is 12.3. The molecule has 3 rings (SSSR count). The van der Waals surface area contributed by atoms with Crippen LogP contribution in [0.2, 0.25) is 0 Å². The fourth-order valence-corrected chi connectivity index (χ4v) is 3.21. The van der Waals surface area contributed by atoms with Gasteiger partial charge in [-0.1, -0.05) is 36.4 Å². The highest BCUT2D eigenvalue weighted by Gasteiger charge is 2.27. The number of aryl methyl sites for hydroxylation is 1. The zero-order chi connectivity index (χ0) is 17.6. The van der Waals surface area contributed by atoms with Crippen molar-refractivity contribution in [2.24, 2.45) is 5.92 Å². The van der Waals surface area contributed by atoms with Crippen LogP contribution in [0.5, 0.6) is 0 Å². The van der Waals surface area contributed by atoms with Gasteiger partial charge >= 0.3 is 11.8 Å². The zero-order valence-corrected chi connectivity index (χ0v) is 14.4. The van der Waals surface area contributed by atoms with E-state index >= 15 is 0 Å². The van der Waals surface area contributed by atoms with Gasteiger partial charge in [0.15, 0.2) is 0 Å². The minimum Gasteiger partial charge on any atom is -0.334 e. The number of piperidine rings is 1. The van der Waals surface area contributed by atoms with Crippen molar-refractivity contribution in [1.29, 1.82) is 0 Å². The Morgan fingerprint density at radius 2 is 1.80 bits per heavy atom. The third kappa shape index (κ3) is 4.66. The molecule has 2 amide bonds. The molecule has 5 nitrogen and oxygen atoms in total. The van der Waals surface area contributed by atoms with E-state index in [-0.39, 0.29) is 0 Å². The molecule has 1 fully saturated rings. The van der Waals surface area contributed by atoms with Gasteiger partial charge in [0, 0.05) is 18.8 Å². The summed E-state index contributed by atoms with van der Waals surface area (Å²) in [7, 11) is 0. The van der Waals surface area contributed by atoms with E-state index in [1.807, 2.05) is 19.1 Å². The van der Waals surface area contributed by atoms with E-state index in [4.69, 9.17) is 0 Å². The Morgan fingerprint density at radius 1 is 1.08 bits per heavy atom. The molecule has 1 aliphatic rings. The molecule has 1 aliphatic heterocycles. The van der Waals surface area contributed by atoms with E-state index in [1.54, 1.807) is 17.0 Å². The average molecular weight is 337 g/mol.